The fraction of sp³-hybridized carbons (Fsp3) is 0.238. The van der Waals surface area contributed by atoms with Crippen molar-refractivity contribution in [2.45, 2.75) is 24.5 Å². The van der Waals surface area contributed by atoms with E-state index in [2.05, 4.69) is 30.9 Å². The van der Waals surface area contributed by atoms with E-state index in [-0.39, 0.29) is 5.82 Å². The Morgan fingerprint density at radius 1 is 1.17 bits per heavy atom. The predicted molar refractivity (Wildman–Crippen MR) is 113 cm³/mol. The van der Waals surface area contributed by atoms with E-state index in [9.17, 15) is 9.59 Å². The van der Waals surface area contributed by atoms with Crippen molar-refractivity contribution >= 4 is 34.9 Å². The highest BCUT2D eigenvalue weighted by Gasteiger charge is 2.54. The molecule has 30 heavy (non-hydrogen) atoms. The average molecular weight is 403 g/mol. The zero-order valence-electron chi connectivity index (χ0n) is 16.1. The maximum atomic E-state index is 13.3. The minimum Gasteiger partial charge on any atom is -0.367 e. The number of benzene rings is 2. The Morgan fingerprint density at radius 2 is 2.03 bits per heavy atom. The molecular formula is C21H21N7O2. The van der Waals surface area contributed by atoms with Gasteiger partial charge in [-0.25, -0.2) is 4.98 Å². The van der Waals surface area contributed by atoms with Crippen molar-refractivity contribution in [1.29, 1.82) is 0 Å². The Kier molecular flexibility index (Phi) is 4.25. The van der Waals surface area contributed by atoms with Gasteiger partial charge in [0, 0.05) is 12.2 Å². The topological polar surface area (TPSA) is 137 Å². The van der Waals surface area contributed by atoms with E-state index in [4.69, 9.17) is 5.73 Å². The number of anilines is 1. The Labute approximate surface area is 172 Å². The van der Waals surface area contributed by atoms with Gasteiger partial charge in [0.1, 0.15) is 5.82 Å². The molecule has 2 atom stereocenters. The molecule has 9 nitrogen and oxygen atoms in total. The van der Waals surface area contributed by atoms with E-state index in [0.29, 0.717) is 5.52 Å². The van der Waals surface area contributed by atoms with Crippen molar-refractivity contribution in [3.63, 3.8) is 0 Å². The number of hydrogen-bond acceptors (Lipinski definition) is 6. The number of nitrogens with two attached hydrogens (primary N) is 1. The van der Waals surface area contributed by atoms with Crippen LogP contribution in [-0.4, -0.2) is 40.7 Å². The summed E-state index contributed by atoms with van der Waals surface area (Å²) >= 11 is 0. The van der Waals surface area contributed by atoms with Gasteiger partial charge in [0.05, 0.1) is 17.4 Å². The van der Waals surface area contributed by atoms with Crippen LogP contribution in [0.2, 0.25) is 0 Å². The molecule has 9 heteroatoms. The van der Waals surface area contributed by atoms with Gasteiger partial charge in [0.15, 0.2) is 6.04 Å². The van der Waals surface area contributed by atoms with Crippen LogP contribution in [0.5, 0.6) is 0 Å². The van der Waals surface area contributed by atoms with Crippen molar-refractivity contribution in [3.8, 4) is 0 Å². The van der Waals surface area contributed by atoms with Crippen molar-refractivity contribution < 1.29 is 9.59 Å². The normalized spacial score (nSPS) is 22.5. The van der Waals surface area contributed by atoms with E-state index in [1.54, 1.807) is 0 Å². The van der Waals surface area contributed by atoms with Gasteiger partial charge in [0.25, 0.3) is 11.8 Å². The molecule has 0 radical (unpaired) electrons. The van der Waals surface area contributed by atoms with E-state index in [1.165, 1.54) is 6.34 Å². The number of aromatic amines is 1. The molecule has 2 aliphatic rings. The lowest BCUT2D eigenvalue weighted by molar-refractivity contribution is -0.129. The van der Waals surface area contributed by atoms with E-state index in [0.717, 1.165) is 41.8 Å². The number of rotatable bonds is 4. The quantitative estimate of drug-likeness (QED) is 0.433. The van der Waals surface area contributed by atoms with Gasteiger partial charge in [-0.3, -0.25) is 14.6 Å². The molecule has 2 unspecified atom stereocenters. The Bertz CT molecular complexity index is 1150. The van der Waals surface area contributed by atoms with Gasteiger partial charge in [-0.2, -0.15) is 0 Å². The molecule has 5 rings (SSSR count). The Hall–Kier alpha value is -3.72. The second-order valence-electron chi connectivity index (χ2n) is 7.46. The van der Waals surface area contributed by atoms with E-state index < -0.39 is 23.4 Å². The first-order chi connectivity index (χ1) is 14.6. The van der Waals surface area contributed by atoms with Gasteiger partial charge in [0.2, 0.25) is 5.54 Å². The summed E-state index contributed by atoms with van der Waals surface area (Å²) in [7, 11) is 0. The highest BCUT2D eigenvalue weighted by atomic mass is 16.2. The standard InChI is InChI=1S/C21H21N7O2/c22-19(30)21(20-27-15-5-1-2-6-16(15)28-20)17(24-11-25-21)18(29)26-14-7-3-4-12-10-23-9-8-13(12)14/h1-7,11,17,23H,8-10H2,(H2,22,30)(H,24,25)(H,26,29)(H,27,28). The molecule has 6 N–H and O–H groups in total. The second kappa shape index (κ2) is 6.96. The highest BCUT2D eigenvalue weighted by Crippen LogP contribution is 2.31. The van der Waals surface area contributed by atoms with E-state index in [1.807, 2.05) is 42.5 Å². The molecule has 0 aliphatic carbocycles. The number of amides is 2. The van der Waals surface area contributed by atoms with Crippen molar-refractivity contribution in [2.24, 2.45) is 10.7 Å². The van der Waals surface area contributed by atoms with Crippen molar-refractivity contribution in [2.75, 3.05) is 11.9 Å². The second-order valence-corrected chi connectivity index (χ2v) is 7.46. The first kappa shape index (κ1) is 18.3. The van der Waals surface area contributed by atoms with Crippen LogP contribution in [0.3, 0.4) is 0 Å². The maximum Gasteiger partial charge on any atom is 0.253 e. The van der Waals surface area contributed by atoms with Crippen LogP contribution in [0.25, 0.3) is 11.0 Å². The fourth-order valence-electron chi connectivity index (χ4n) is 4.18. The largest absolute Gasteiger partial charge is 0.367 e. The number of carbonyl (C=O) groups is 2. The number of carbonyl (C=O) groups excluding carboxylic acids is 2. The molecule has 152 valence electrons. The minimum absolute atomic E-state index is 0.258. The van der Waals surface area contributed by atoms with Gasteiger partial charge in [-0.15, -0.1) is 0 Å². The van der Waals surface area contributed by atoms with Crippen LogP contribution in [0.1, 0.15) is 17.0 Å². The van der Waals surface area contributed by atoms with Gasteiger partial charge < -0.3 is 26.7 Å². The summed E-state index contributed by atoms with van der Waals surface area (Å²) in [6, 6.07) is 12.1. The Morgan fingerprint density at radius 3 is 2.87 bits per heavy atom. The summed E-state index contributed by atoms with van der Waals surface area (Å²) in [5.41, 5.74) is 8.57. The molecule has 0 saturated carbocycles. The van der Waals surface area contributed by atoms with Crippen LogP contribution in [0, 0.1) is 0 Å². The molecule has 2 aliphatic heterocycles. The Balaban J connectivity index is 1.52. The first-order valence-corrected chi connectivity index (χ1v) is 9.76. The molecule has 1 aromatic heterocycles. The SMILES string of the molecule is NC(=O)C1(c2nc3ccccc3[nH]2)NC=NC1C(=O)Nc1cccc2c1CCNC2. The monoisotopic (exact) mass is 403 g/mol. The summed E-state index contributed by atoms with van der Waals surface area (Å²) < 4.78 is 0. The zero-order chi connectivity index (χ0) is 20.7. The number of aliphatic imine (C=N–C) groups is 1. The molecule has 2 amide bonds. The summed E-state index contributed by atoms with van der Waals surface area (Å²) in [6.45, 7) is 1.60. The van der Waals surface area contributed by atoms with E-state index >= 15 is 0 Å². The molecule has 0 spiro atoms. The van der Waals surface area contributed by atoms with Crippen LogP contribution in [-0.2, 0) is 28.1 Å². The number of fused-ring (bicyclic) bond motifs is 2. The number of H-pyrrole nitrogens is 1. The summed E-state index contributed by atoms with van der Waals surface area (Å²) in [6.07, 6.45) is 2.15. The number of nitrogens with zero attached hydrogens (tertiary/aromatic N) is 2. The summed E-state index contributed by atoms with van der Waals surface area (Å²) in [5.74, 6) is -0.908. The predicted octanol–water partition coefficient (Wildman–Crippen LogP) is 0.528. The average Bonchev–Trinajstić information content (AvgIpc) is 3.39. The van der Waals surface area contributed by atoms with Crippen molar-refractivity contribution in [1.82, 2.24) is 20.6 Å². The molecule has 2 aromatic carbocycles. The number of nitrogens with one attached hydrogen (secondary N) is 4. The van der Waals surface area contributed by atoms with Crippen LogP contribution < -0.4 is 21.7 Å². The third-order valence-electron chi connectivity index (χ3n) is 5.72. The third kappa shape index (κ3) is 2.74. The summed E-state index contributed by atoms with van der Waals surface area (Å²) in [4.78, 5) is 37.8. The molecular weight excluding hydrogens is 382 g/mol. The van der Waals surface area contributed by atoms with Crippen LogP contribution in [0.4, 0.5) is 5.69 Å². The third-order valence-corrected chi connectivity index (χ3v) is 5.72. The minimum atomic E-state index is -1.60. The lowest BCUT2D eigenvalue weighted by atomic mass is 9.88. The van der Waals surface area contributed by atoms with Gasteiger partial charge in [-0.05, 0) is 42.3 Å². The van der Waals surface area contributed by atoms with Gasteiger partial charge >= 0.3 is 0 Å². The summed E-state index contributed by atoms with van der Waals surface area (Å²) in [5, 5.41) is 9.17. The lowest BCUT2D eigenvalue weighted by Gasteiger charge is -2.29. The molecule has 3 heterocycles. The number of para-hydroxylation sites is 2. The number of aromatic nitrogens is 2. The number of primary amides is 1. The lowest BCUT2D eigenvalue weighted by Crippen LogP contribution is -2.59. The number of imidazole rings is 1. The van der Waals surface area contributed by atoms with Gasteiger partial charge in [-0.1, -0.05) is 24.3 Å². The van der Waals surface area contributed by atoms with Crippen LogP contribution >= 0.6 is 0 Å². The molecule has 0 bridgehead atoms. The fourth-order valence-corrected chi connectivity index (χ4v) is 4.18. The smallest absolute Gasteiger partial charge is 0.253 e. The maximum absolute atomic E-state index is 13.3. The van der Waals surface area contributed by atoms with Crippen LogP contribution in [0.15, 0.2) is 47.5 Å². The first-order valence-electron chi connectivity index (χ1n) is 9.76. The highest BCUT2D eigenvalue weighted by molar-refractivity contribution is 6.05. The molecule has 0 saturated heterocycles. The molecule has 3 aromatic rings. The zero-order valence-corrected chi connectivity index (χ0v) is 16.1. The molecule has 0 fully saturated rings. The van der Waals surface area contributed by atoms with Crippen molar-refractivity contribution in [3.05, 3.63) is 59.4 Å². The number of hydrogen-bond donors (Lipinski definition) is 5.